The van der Waals surface area contributed by atoms with E-state index in [0.717, 1.165) is 25.7 Å². The summed E-state index contributed by atoms with van der Waals surface area (Å²) < 4.78 is 5.66. The van der Waals surface area contributed by atoms with Gasteiger partial charge in [-0.1, -0.05) is 12.8 Å². The van der Waals surface area contributed by atoms with Crippen LogP contribution in [0.15, 0.2) is 0 Å². The molecule has 0 aromatic rings. The third-order valence-electron chi connectivity index (χ3n) is 3.82. The lowest BCUT2D eigenvalue weighted by Crippen LogP contribution is -2.44. The van der Waals surface area contributed by atoms with Gasteiger partial charge < -0.3 is 20.1 Å². The molecule has 0 spiro atoms. The number of hydrogen-bond donors (Lipinski definition) is 2. The van der Waals surface area contributed by atoms with Gasteiger partial charge in [-0.3, -0.25) is 4.79 Å². The maximum absolute atomic E-state index is 11.9. The summed E-state index contributed by atoms with van der Waals surface area (Å²) in [5.41, 5.74) is 0. The minimum Gasteiger partial charge on any atom is -0.480 e. The molecule has 2 amide bonds. The first-order valence-corrected chi connectivity index (χ1v) is 7.51. The van der Waals surface area contributed by atoms with Gasteiger partial charge in [-0.15, -0.1) is 0 Å². The molecule has 2 saturated carbocycles. The number of carbonyl (C=O) groups excluding carboxylic acids is 1. The Labute approximate surface area is 119 Å². The quantitative estimate of drug-likeness (QED) is 0.661. The van der Waals surface area contributed by atoms with Crippen LogP contribution in [0.1, 0.15) is 38.5 Å². The first-order valence-electron chi connectivity index (χ1n) is 7.51. The van der Waals surface area contributed by atoms with Crippen molar-refractivity contribution < 1.29 is 19.4 Å². The summed E-state index contributed by atoms with van der Waals surface area (Å²) in [6.45, 7) is 1.25. The van der Waals surface area contributed by atoms with Crippen LogP contribution < -0.4 is 5.32 Å². The molecule has 0 aliphatic heterocycles. The van der Waals surface area contributed by atoms with Gasteiger partial charge in [0.2, 0.25) is 0 Å². The van der Waals surface area contributed by atoms with Crippen LogP contribution in [0.2, 0.25) is 0 Å². The predicted octanol–water partition coefficient (Wildman–Crippen LogP) is 1.45. The normalized spacial score (nSPS) is 19.0. The first-order chi connectivity index (χ1) is 9.65. The largest absolute Gasteiger partial charge is 0.480 e. The molecular weight excluding hydrogens is 260 g/mol. The van der Waals surface area contributed by atoms with Gasteiger partial charge in [0, 0.05) is 13.1 Å². The topological polar surface area (TPSA) is 78.9 Å². The van der Waals surface area contributed by atoms with Crippen molar-refractivity contribution in [2.24, 2.45) is 5.92 Å². The number of hydrogen-bond acceptors (Lipinski definition) is 3. The summed E-state index contributed by atoms with van der Waals surface area (Å²) in [6, 6.07) is -0.297. The number of amides is 2. The maximum atomic E-state index is 11.9. The van der Waals surface area contributed by atoms with E-state index >= 15 is 0 Å². The number of nitrogens with zero attached hydrogens (tertiary/aromatic N) is 1. The third-order valence-corrected chi connectivity index (χ3v) is 3.82. The second-order valence-corrected chi connectivity index (χ2v) is 5.73. The highest BCUT2D eigenvalue weighted by molar-refractivity contribution is 5.80. The molecule has 0 bridgehead atoms. The van der Waals surface area contributed by atoms with E-state index in [9.17, 15) is 9.59 Å². The number of carboxylic acids is 1. The second-order valence-electron chi connectivity index (χ2n) is 5.73. The molecule has 6 heteroatoms. The minimum absolute atomic E-state index is 0.230. The van der Waals surface area contributed by atoms with Crippen molar-refractivity contribution in [1.29, 1.82) is 0 Å². The van der Waals surface area contributed by atoms with Crippen molar-refractivity contribution in [1.82, 2.24) is 10.2 Å². The summed E-state index contributed by atoms with van der Waals surface area (Å²) in [7, 11) is 0. The number of rotatable bonds is 8. The van der Waals surface area contributed by atoms with Crippen LogP contribution >= 0.6 is 0 Å². The van der Waals surface area contributed by atoms with Crippen LogP contribution in [-0.4, -0.2) is 54.4 Å². The van der Waals surface area contributed by atoms with Gasteiger partial charge in [-0.2, -0.15) is 0 Å². The first kappa shape index (κ1) is 15.1. The highest BCUT2D eigenvalue weighted by atomic mass is 16.5. The molecule has 2 N–H and O–H groups in total. The fourth-order valence-electron chi connectivity index (χ4n) is 2.55. The van der Waals surface area contributed by atoms with E-state index in [2.05, 4.69) is 5.32 Å². The van der Waals surface area contributed by atoms with Gasteiger partial charge in [-0.05, 0) is 31.6 Å². The molecule has 0 saturated heterocycles. The lowest BCUT2D eigenvalue weighted by molar-refractivity contribution is -0.137. The molecule has 2 aliphatic rings. The zero-order chi connectivity index (χ0) is 14.4. The van der Waals surface area contributed by atoms with E-state index in [1.54, 1.807) is 0 Å². The van der Waals surface area contributed by atoms with E-state index in [-0.39, 0.29) is 12.6 Å². The molecule has 2 fully saturated rings. The van der Waals surface area contributed by atoms with E-state index < -0.39 is 5.97 Å². The molecule has 0 unspecified atom stereocenters. The summed E-state index contributed by atoms with van der Waals surface area (Å²) in [6.07, 6.45) is 7.20. The van der Waals surface area contributed by atoms with Crippen LogP contribution in [0.25, 0.3) is 0 Å². The number of carbonyl (C=O) groups is 2. The molecule has 2 rings (SSSR count). The molecule has 2 aliphatic carbocycles. The SMILES string of the molecule is O=C(O)CN(CC1CC1)C(=O)NCCOC1CCCC1. The Morgan fingerprint density at radius 2 is 1.90 bits per heavy atom. The molecule has 0 radical (unpaired) electrons. The Kier molecular flexibility index (Phi) is 5.64. The van der Waals surface area contributed by atoms with Crippen LogP contribution in [0.5, 0.6) is 0 Å². The van der Waals surface area contributed by atoms with E-state index in [0.29, 0.717) is 31.7 Å². The summed E-state index contributed by atoms with van der Waals surface area (Å²) >= 11 is 0. The highest BCUT2D eigenvalue weighted by Crippen LogP contribution is 2.29. The number of ether oxygens (including phenoxy) is 1. The van der Waals surface area contributed by atoms with E-state index in [4.69, 9.17) is 9.84 Å². The van der Waals surface area contributed by atoms with Gasteiger partial charge in [0.25, 0.3) is 0 Å². The molecule has 0 heterocycles. The van der Waals surface area contributed by atoms with Crippen molar-refractivity contribution in [2.45, 2.75) is 44.6 Å². The van der Waals surface area contributed by atoms with E-state index in [1.807, 2.05) is 0 Å². The summed E-state index contributed by atoms with van der Waals surface area (Å²) in [4.78, 5) is 24.1. The highest BCUT2D eigenvalue weighted by Gasteiger charge is 2.27. The maximum Gasteiger partial charge on any atom is 0.323 e. The van der Waals surface area contributed by atoms with Crippen molar-refractivity contribution in [3.05, 3.63) is 0 Å². The Morgan fingerprint density at radius 3 is 2.50 bits per heavy atom. The fraction of sp³-hybridized carbons (Fsp3) is 0.857. The number of aliphatic carboxylic acids is 1. The number of urea groups is 1. The summed E-state index contributed by atoms with van der Waals surface area (Å²) in [5.74, 6) is -0.488. The van der Waals surface area contributed by atoms with Crippen LogP contribution in [0, 0.1) is 5.92 Å². The smallest absolute Gasteiger partial charge is 0.323 e. The lowest BCUT2D eigenvalue weighted by Gasteiger charge is -2.21. The number of carboxylic acid groups (broad SMARTS) is 1. The zero-order valence-electron chi connectivity index (χ0n) is 11.8. The van der Waals surface area contributed by atoms with Gasteiger partial charge in [0.05, 0.1) is 12.7 Å². The molecule has 114 valence electrons. The Hall–Kier alpha value is -1.30. The summed E-state index contributed by atoms with van der Waals surface area (Å²) in [5, 5.41) is 11.6. The van der Waals surface area contributed by atoms with Crippen LogP contribution in [-0.2, 0) is 9.53 Å². The lowest BCUT2D eigenvalue weighted by atomic mass is 10.3. The molecule has 20 heavy (non-hydrogen) atoms. The zero-order valence-corrected chi connectivity index (χ0v) is 11.8. The molecule has 0 aromatic heterocycles. The van der Waals surface area contributed by atoms with Crippen molar-refractivity contribution >= 4 is 12.0 Å². The van der Waals surface area contributed by atoms with Gasteiger partial charge in [0.15, 0.2) is 0 Å². The molecule has 0 atom stereocenters. The monoisotopic (exact) mass is 284 g/mol. The Bertz CT molecular complexity index is 338. The van der Waals surface area contributed by atoms with Gasteiger partial charge in [-0.25, -0.2) is 4.79 Å². The Balaban J connectivity index is 1.63. The molecule has 6 nitrogen and oxygen atoms in total. The van der Waals surface area contributed by atoms with Crippen LogP contribution in [0.3, 0.4) is 0 Å². The van der Waals surface area contributed by atoms with Crippen molar-refractivity contribution in [2.75, 3.05) is 26.2 Å². The van der Waals surface area contributed by atoms with E-state index in [1.165, 1.54) is 17.7 Å². The predicted molar refractivity (Wildman–Crippen MR) is 73.5 cm³/mol. The minimum atomic E-state index is -0.969. The van der Waals surface area contributed by atoms with Gasteiger partial charge >= 0.3 is 12.0 Å². The van der Waals surface area contributed by atoms with Crippen molar-refractivity contribution in [3.8, 4) is 0 Å². The van der Waals surface area contributed by atoms with Crippen LogP contribution in [0.4, 0.5) is 4.79 Å². The second kappa shape index (κ2) is 7.47. The number of nitrogens with one attached hydrogen (secondary N) is 1. The average Bonchev–Trinajstić information content (AvgIpc) is 3.06. The average molecular weight is 284 g/mol. The third kappa shape index (κ3) is 5.36. The van der Waals surface area contributed by atoms with Crippen molar-refractivity contribution in [3.63, 3.8) is 0 Å². The molecule has 0 aromatic carbocycles. The standard InChI is InChI=1S/C14H24N2O4/c17-13(18)10-16(9-11-5-6-11)14(19)15-7-8-20-12-3-1-2-4-12/h11-12H,1-10H2,(H,15,19)(H,17,18). The fourth-order valence-corrected chi connectivity index (χ4v) is 2.55. The molecular formula is C14H24N2O4. The Morgan fingerprint density at radius 1 is 1.20 bits per heavy atom. The van der Waals surface area contributed by atoms with Gasteiger partial charge in [0.1, 0.15) is 6.54 Å².